The summed E-state index contributed by atoms with van der Waals surface area (Å²) in [5.74, 6) is 0.359. The van der Waals surface area contributed by atoms with Gasteiger partial charge in [0.25, 0.3) is 0 Å². The molecule has 0 radical (unpaired) electrons. The van der Waals surface area contributed by atoms with Gasteiger partial charge in [0.15, 0.2) is 6.29 Å². The molecule has 0 amide bonds. The molecule has 31 heavy (non-hydrogen) atoms. The summed E-state index contributed by atoms with van der Waals surface area (Å²) >= 11 is -2.02. The average Bonchev–Trinajstić information content (AvgIpc) is 2.73. The fourth-order valence-corrected chi connectivity index (χ4v) is 4.92. The summed E-state index contributed by atoms with van der Waals surface area (Å²) in [4.78, 5) is 0. The van der Waals surface area contributed by atoms with E-state index in [2.05, 4.69) is 13.8 Å². The molecule has 0 rings (SSSR count). The van der Waals surface area contributed by atoms with E-state index in [9.17, 15) is 8.76 Å². The molecule has 188 valence electrons. The second-order valence-corrected chi connectivity index (χ2v) is 10.3. The summed E-state index contributed by atoms with van der Waals surface area (Å²) in [5.41, 5.74) is 0. The minimum atomic E-state index is -2.02. The molecule has 6 heteroatoms. The van der Waals surface area contributed by atoms with Crippen LogP contribution in [0.15, 0.2) is 0 Å². The van der Waals surface area contributed by atoms with E-state index in [-0.39, 0.29) is 11.7 Å². The number of hydrogen-bond acceptors (Lipinski definition) is 5. The average molecular weight is 464 g/mol. The highest BCUT2D eigenvalue weighted by Gasteiger charge is 2.17. The van der Waals surface area contributed by atoms with E-state index in [1.54, 1.807) is 0 Å². The Morgan fingerprint density at radius 3 is 1.71 bits per heavy atom. The Labute approximate surface area is 195 Å². The van der Waals surface area contributed by atoms with Crippen LogP contribution in [0.5, 0.6) is 0 Å². The monoisotopic (exact) mass is 463 g/mol. The van der Waals surface area contributed by atoms with E-state index in [1.165, 1.54) is 64.2 Å². The summed E-state index contributed by atoms with van der Waals surface area (Å²) in [7, 11) is 0. The van der Waals surface area contributed by atoms with Crippen molar-refractivity contribution >= 4 is 11.1 Å². The zero-order chi connectivity index (χ0) is 23.2. The molecule has 3 atom stereocenters. The van der Waals surface area contributed by atoms with Crippen LogP contribution in [0.1, 0.15) is 129 Å². The molecule has 0 spiro atoms. The van der Waals surface area contributed by atoms with Gasteiger partial charge in [0, 0.05) is 18.3 Å². The maximum atomic E-state index is 11.9. The second kappa shape index (κ2) is 23.2. The zero-order valence-corrected chi connectivity index (χ0v) is 21.2. The summed E-state index contributed by atoms with van der Waals surface area (Å²) in [5, 5.41) is 17.6. The zero-order valence-electron chi connectivity index (χ0n) is 20.4. The number of unbranched alkanes of at least 4 members (excludes halogenated alkanes) is 11. The highest BCUT2D eigenvalue weighted by atomic mass is 32.2. The third-order valence-electron chi connectivity index (χ3n) is 6.15. The summed E-state index contributed by atoms with van der Waals surface area (Å²) in [6, 6.07) is 0. The second-order valence-electron chi connectivity index (χ2n) is 9.12. The lowest BCUT2D eigenvalue weighted by molar-refractivity contribution is -0.0616. The van der Waals surface area contributed by atoms with Crippen molar-refractivity contribution in [3.63, 3.8) is 0 Å². The molecule has 0 bridgehead atoms. The first-order valence-electron chi connectivity index (χ1n) is 13.0. The van der Waals surface area contributed by atoms with E-state index in [0.717, 1.165) is 44.9 Å². The highest BCUT2D eigenvalue weighted by Crippen LogP contribution is 2.25. The van der Waals surface area contributed by atoms with Crippen LogP contribution in [0.25, 0.3) is 0 Å². The Kier molecular flexibility index (Phi) is 23.2. The molecular formula is C25H51O5S-. The van der Waals surface area contributed by atoms with Gasteiger partial charge in [-0.2, -0.15) is 0 Å². The van der Waals surface area contributed by atoms with Crippen LogP contribution in [0.3, 0.4) is 0 Å². The first kappa shape index (κ1) is 31.0. The molecule has 0 saturated carbocycles. The van der Waals surface area contributed by atoms with Crippen molar-refractivity contribution in [2.75, 3.05) is 13.2 Å². The largest absolute Gasteiger partial charge is 0.772 e. The fraction of sp³-hybridized carbons (Fsp3) is 1.00. The predicted octanol–water partition coefficient (Wildman–Crippen LogP) is 6.24. The smallest absolute Gasteiger partial charge is 0.153 e. The quantitative estimate of drug-likeness (QED) is 0.100. The number of hydrogen-bond donors (Lipinski definition) is 2. The minimum Gasteiger partial charge on any atom is -0.772 e. The molecule has 0 aliphatic carbocycles. The van der Waals surface area contributed by atoms with Gasteiger partial charge < -0.3 is 19.5 Å². The van der Waals surface area contributed by atoms with Crippen LogP contribution >= 0.6 is 0 Å². The molecule has 0 heterocycles. The Morgan fingerprint density at radius 2 is 1.19 bits per heavy atom. The maximum Gasteiger partial charge on any atom is 0.153 e. The van der Waals surface area contributed by atoms with Gasteiger partial charge in [0.05, 0.1) is 6.61 Å². The molecule has 2 N–H and O–H groups in total. The van der Waals surface area contributed by atoms with Crippen molar-refractivity contribution in [2.45, 2.75) is 141 Å². The van der Waals surface area contributed by atoms with Crippen molar-refractivity contribution in [1.29, 1.82) is 0 Å². The Bertz CT molecular complexity index is 392. The van der Waals surface area contributed by atoms with Crippen LogP contribution in [0, 0.1) is 5.92 Å². The van der Waals surface area contributed by atoms with Crippen LogP contribution in [0.2, 0.25) is 0 Å². The molecule has 0 aromatic heterocycles. The van der Waals surface area contributed by atoms with Crippen LogP contribution in [0.4, 0.5) is 0 Å². The first-order chi connectivity index (χ1) is 15.0. The Morgan fingerprint density at radius 1 is 0.710 bits per heavy atom. The van der Waals surface area contributed by atoms with Gasteiger partial charge in [0.1, 0.15) is 0 Å². The third kappa shape index (κ3) is 21.6. The molecule has 0 aliphatic heterocycles. The number of aliphatic hydroxyl groups is 2. The van der Waals surface area contributed by atoms with E-state index in [4.69, 9.17) is 14.9 Å². The van der Waals surface area contributed by atoms with Crippen molar-refractivity contribution < 1.29 is 23.7 Å². The maximum absolute atomic E-state index is 11.9. The molecule has 0 aromatic carbocycles. The van der Waals surface area contributed by atoms with Gasteiger partial charge in [-0.05, 0) is 25.2 Å². The van der Waals surface area contributed by atoms with Gasteiger partial charge in [-0.15, -0.1) is 0 Å². The van der Waals surface area contributed by atoms with Gasteiger partial charge in [-0.3, -0.25) is 4.21 Å². The summed E-state index contributed by atoms with van der Waals surface area (Å²) < 4.78 is 29.2. The lowest BCUT2D eigenvalue weighted by Crippen LogP contribution is -2.21. The third-order valence-corrected chi connectivity index (χ3v) is 7.13. The molecule has 3 unspecified atom stereocenters. The van der Waals surface area contributed by atoms with Crippen molar-refractivity contribution in [3.05, 3.63) is 0 Å². The molecule has 5 nitrogen and oxygen atoms in total. The SMILES string of the molecule is CCCCCCCCCCC(CC(CCCCCCC)CCOCCC(O)O)S(=O)[O-]. The van der Waals surface area contributed by atoms with Gasteiger partial charge in [-0.1, -0.05) is 115 Å². The van der Waals surface area contributed by atoms with E-state index >= 15 is 0 Å². The highest BCUT2D eigenvalue weighted by molar-refractivity contribution is 7.79. The van der Waals surface area contributed by atoms with Crippen LogP contribution in [-0.4, -0.2) is 43.7 Å². The number of ether oxygens (including phenoxy) is 1. The summed E-state index contributed by atoms with van der Waals surface area (Å²) in [6.07, 6.45) is 18.2. The summed E-state index contributed by atoms with van der Waals surface area (Å²) in [6.45, 7) is 5.33. The topological polar surface area (TPSA) is 89.8 Å². The van der Waals surface area contributed by atoms with E-state index < -0.39 is 17.4 Å². The van der Waals surface area contributed by atoms with Crippen LogP contribution < -0.4 is 0 Å². The van der Waals surface area contributed by atoms with Crippen molar-refractivity contribution in [2.24, 2.45) is 5.92 Å². The lowest BCUT2D eigenvalue weighted by atomic mass is 9.91. The Hall–Kier alpha value is -0.0100. The Balaban J connectivity index is 4.31. The molecule has 0 aliphatic rings. The molecule has 0 saturated heterocycles. The first-order valence-corrected chi connectivity index (χ1v) is 14.2. The number of rotatable bonds is 24. The molecular weight excluding hydrogens is 412 g/mol. The van der Waals surface area contributed by atoms with Crippen LogP contribution in [-0.2, 0) is 15.8 Å². The standard InChI is InChI=1S/C25H52O5S/c1-3-5-7-9-10-11-13-15-17-24(31(28)29)22-23(16-14-12-8-6-4-2)18-20-30-21-19-25(26)27/h23-27H,3-22H2,1-2H3,(H,28,29)/p-1. The van der Waals surface area contributed by atoms with E-state index in [1.807, 2.05) is 0 Å². The van der Waals surface area contributed by atoms with Gasteiger partial charge >= 0.3 is 0 Å². The number of aliphatic hydroxyl groups excluding tert-OH is 1. The molecule has 0 aromatic rings. The minimum absolute atomic E-state index is 0.216. The van der Waals surface area contributed by atoms with E-state index in [0.29, 0.717) is 19.1 Å². The fourth-order valence-electron chi connectivity index (χ4n) is 4.13. The van der Waals surface area contributed by atoms with Crippen molar-refractivity contribution in [1.82, 2.24) is 0 Å². The lowest BCUT2D eigenvalue weighted by Gasteiger charge is -2.26. The van der Waals surface area contributed by atoms with Gasteiger partial charge in [-0.25, -0.2) is 0 Å². The predicted molar refractivity (Wildman–Crippen MR) is 130 cm³/mol. The van der Waals surface area contributed by atoms with Crippen molar-refractivity contribution in [3.8, 4) is 0 Å². The normalized spacial score (nSPS) is 14.8. The van der Waals surface area contributed by atoms with Gasteiger partial charge in [0.2, 0.25) is 0 Å². The molecule has 0 fully saturated rings.